The van der Waals surface area contributed by atoms with Crippen molar-refractivity contribution in [2.45, 2.75) is 29.4 Å². The van der Waals surface area contributed by atoms with Crippen molar-refractivity contribution in [1.82, 2.24) is 10.2 Å². The number of aromatic nitrogens is 2. The van der Waals surface area contributed by atoms with Crippen LogP contribution < -0.4 is 5.32 Å². The first-order chi connectivity index (χ1) is 10.2. The van der Waals surface area contributed by atoms with Crippen LogP contribution in [0.25, 0.3) is 0 Å². The van der Waals surface area contributed by atoms with Gasteiger partial charge in [0.05, 0.1) is 0 Å². The topological polar surface area (TPSA) is 54.9 Å². The summed E-state index contributed by atoms with van der Waals surface area (Å²) in [6.45, 7) is 0. The van der Waals surface area contributed by atoms with Crippen LogP contribution >= 0.6 is 23.1 Å². The molecule has 1 aromatic carbocycles. The average Bonchev–Trinajstić information content (AvgIpc) is 2.83. The maximum absolute atomic E-state index is 12.8. The molecule has 1 fully saturated rings. The van der Waals surface area contributed by atoms with Gasteiger partial charge >= 0.3 is 0 Å². The standard InChI is InChI=1S/C14H14FN3OS2/c15-11-6-4-9(5-7-11)8-20-14-18-17-13(21-14)16-12(19)10-2-1-3-10/h4-7,10H,1-3,8H2,(H,16,17,19). The molecule has 1 amide bonds. The first kappa shape index (κ1) is 14.5. The van der Waals surface area contributed by atoms with Crippen LogP contribution in [0.1, 0.15) is 24.8 Å². The van der Waals surface area contributed by atoms with Crippen molar-refractivity contribution in [3.63, 3.8) is 0 Å². The molecule has 110 valence electrons. The molecule has 1 saturated carbocycles. The van der Waals surface area contributed by atoms with Gasteiger partial charge in [0.15, 0.2) is 4.34 Å². The molecule has 0 spiro atoms. The van der Waals surface area contributed by atoms with Crippen LogP contribution in [0.2, 0.25) is 0 Å². The van der Waals surface area contributed by atoms with Crippen molar-refractivity contribution >= 4 is 34.1 Å². The SMILES string of the molecule is O=C(Nc1nnc(SCc2ccc(F)cc2)s1)C1CCC1. The van der Waals surface area contributed by atoms with Crippen molar-refractivity contribution in [3.8, 4) is 0 Å². The highest BCUT2D eigenvalue weighted by Crippen LogP contribution is 2.31. The Bertz CT molecular complexity index is 625. The first-order valence-electron chi connectivity index (χ1n) is 6.72. The van der Waals surface area contributed by atoms with Crippen LogP contribution in [0.3, 0.4) is 0 Å². The van der Waals surface area contributed by atoms with E-state index in [9.17, 15) is 9.18 Å². The summed E-state index contributed by atoms with van der Waals surface area (Å²) in [6.07, 6.45) is 3.07. The Morgan fingerprint density at radius 1 is 1.33 bits per heavy atom. The molecule has 1 aromatic heterocycles. The second-order valence-electron chi connectivity index (χ2n) is 4.91. The zero-order chi connectivity index (χ0) is 14.7. The van der Waals surface area contributed by atoms with Crippen molar-refractivity contribution in [1.29, 1.82) is 0 Å². The van der Waals surface area contributed by atoms with Gasteiger partial charge < -0.3 is 5.32 Å². The molecule has 7 heteroatoms. The fourth-order valence-electron chi connectivity index (χ4n) is 1.92. The average molecular weight is 323 g/mol. The van der Waals surface area contributed by atoms with E-state index in [4.69, 9.17) is 0 Å². The Morgan fingerprint density at radius 2 is 2.10 bits per heavy atom. The fraction of sp³-hybridized carbons (Fsp3) is 0.357. The largest absolute Gasteiger partial charge is 0.300 e. The van der Waals surface area contributed by atoms with Gasteiger partial charge in [-0.15, -0.1) is 10.2 Å². The minimum absolute atomic E-state index is 0.0486. The number of carbonyl (C=O) groups is 1. The van der Waals surface area contributed by atoms with Gasteiger partial charge in [-0.2, -0.15) is 0 Å². The monoisotopic (exact) mass is 323 g/mol. The molecule has 0 aliphatic heterocycles. The fourth-order valence-corrected chi connectivity index (χ4v) is 3.63. The van der Waals surface area contributed by atoms with E-state index in [2.05, 4.69) is 15.5 Å². The molecule has 0 unspecified atom stereocenters. The number of benzene rings is 1. The van der Waals surface area contributed by atoms with Crippen LogP contribution in [0.5, 0.6) is 0 Å². The van der Waals surface area contributed by atoms with Crippen molar-refractivity contribution in [2.75, 3.05) is 5.32 Å². The van der Waals surface area contributed by atoms with E-state index < -0.39 is 0 Å². The second-order valence-corrected chi connectivity index (χ2v) is 7.11. The van der Waals surface area contributed by atoms with Gasteiger partial charge in [0, 0.05) is 11.7 Å². The molecule has 0 saturated heterocycles. The maximum atomic E-state index is 12.8. The lowest BCUT2D eigenvalue weighted by atomic mass is 9.85. The highest BCUT2D eigenvalue weighted by Gasteiger charge is 2.25. The summed E-state index contributed by atoms with van der Waals surface area (Å²) >= 11 is 2.90. The minimum Gasteiger partial charge on any atom is -0.300 e. The van der Waals surface area contributed by atoms with Crippen molar-refractivity contribution < 1.29 is 9.18 Å². The van der Waals surface area contributed by atoms with Gasteiger partial charge in [0.2, 0.25) is 11.0 Å². The lowest BCUT2D eigenvalue weighted by Gasteiger charge is -2.23. The summed E-state index contributed by atoms with van der Waals surface area (Å²) in [5.74, 6) is 0.656. The van der Waals surface area contributed by atoms with Crippen molar-refractivity contribution in [3.05, 3.63) is 35.6 Å². The molecule has 0 radical (unpaired) electrons. The molecular formula is C14H14FN3OS2. The predicted octanol–water partition coefficient (Wildman–Crippen LogP) is 3.71. The number of nitrogens with one attached hydrogen (secondary N) is 1. The number of rotatable bonds is 5. The quantitative estimate of drug-likeness (QED) is 0.673. The minimum atomic E-state index is -0.236. The van der Waals surface area contributed by atoms with Crippen LogP contribution in [0.15, 0.2) is 28.6 Å². The normalized spacial score (nSPS) is 14.7. The Morgan fingerprint density at radius 3 is 2.76 bits per heavy atom. The molecule has 1 heterocycles. The first-order valence-corrected chi connectivity index (χ1v) is 8.52. The Kier molecular flexibility index (Phi) is 4.50. The number of carbonyl (C=O) groups excluding carboxylic acids is 1. The molecule has 1 aliphatic rings. The summed E-state index contributed by atoms with van der Waals surface area (Å²) in [7, 11) is 0. The zero-order valence-electron chi connectivity index (χ0n) is 11.2. The summed E-state index contributed by atoms with van der Waals surface area (Å²) in [6, 6.07) is 6.39. The lowest BCUT2D eigenvalue weighted by Crippen LogP contribution is -2.27. The number of anilines is 1. The summed E-state index contributed by atoms with van der Waals surface area (Å²) in [5.41, 5.74) is 1.02. The van der Waals surface area contributed by atoms with Gasteiger partial charge in [-0.05, 0) is 30.5 Å². The third-order valence-corrected chi connectivity index (χ3v) is 5.43. The predicted molar refractivity (Wildman–Crippen MR) is 81.8 cm³/mol. The van der Waals surface area contributed by atoms with Crippen molar-refractivity contribution in [2.24, 2.45) is 5.92 Å². The number of halogens is 1. The Balaban J connectivity index is 1.52. The summed E-state index contributed by atoms with van der Waals surface area (Å²) < 4.78 is 13.6. The zero-order valence-corrected chi connectivity index (χ0v) is 12.8. The highest BCUT2D eigenvalue weighted by molar-refractivity contribution is 8.00. The van der Waals surface area contributed by atoms with Gasteiger partial charge in [-0.25, -0.2) is 4.39 Å². The van der Waals surface area contributed by atoms with Crippen LogP contribution in [-0.4, -0.2) is 16.1 Å². The third-order valence-electron chi connectivity index (χ3n) is 3.39. The van der Waals surface area contributed by atoms with E-state index >= 15 is 0 Å². The molecule has 4 nitrogen and oxygen atoms in total. The molecule has 21 heavy (non-hydrogen) atoms. The van der Waals surface area contributed by atoms with Crippen LogP contribution in [-0.2, 0) is 10.5 Å². The second kappa shape index (κ2) is 6.53. The Hall–Kier alpha value is -1.47. The molecule has 0 atom stereocenters. The highest BCUT2D eigenvalue weighted by atomic mass is 32.2. The molecule has 2 aromatic rings. The summed E-state index contributed by atoms with van der Waals surface area (Å²) in [4.78, 5) is 11.8. The van der Waals surface area contributed by atoms with E-state index in [0.29, 0.717) is 10.9 Å². The van der Waals surface area contributed by atoms with E-state index in [-0.39, 0.29) is 17.6 Å². The lowest BCUT2D eigenvalue weighted by molar-refractivity contribution is -0.122. The van der Waals surface area contributed by atoms with Gasteiger partial charge in [0.25, 0.3) is 0 Å². The van der Waals surface area contributed by atoms with Gasteiger partial charge in [-0.3, -0.25) is 4.79 Å². The Labute approximate surface area is 130 Å². The number of nitrogens with zero attached hydrogens (tertiary/aromatic N) is 2. The third kappa shape index (κ3) is 3.79. The van der Waals surface area contributed by atoms with Gasteiger partial charge in [-0.1, -0.05) is 41.7 Å². The van der Waals surface area contributed by atoms with E-state index in [1.807, 2.05) is 0 Å². The molecule has 1 aliphatic carbocycles. The van der Waals surface area contributed by atoms with E-state index in [1.165, 1.54) is 35.2 Å². The van der Waals surface area contributed by atoms with E-state index in [1.54, 1.807) is 12.1 Å². The van der Waals surface area contributed by atoms with Gasteiger partial charge in [0.1, 0.15) is 5.82 Å². The number of amides is 1. The molecule has 1 N–H and O–H groups in total. The van der Waals surface area contributed by atoms with Crippen LogP contribution in [0.4, 0.5) is 9.52 Å². The van der Waals surface area contributed by atoms with Crippen LogP contribution in [0, 0.1) is 11.7 Å². The molecular weight excluding hydrogens is 309 g/mol. The maximum Gasteiger partial charge on any atom is 0.229 e. The molecule has 3 rings (SSSR count). The number of thioether (sulfide) groups is 1. The smallest absolute Gasteiger partial charge is 0.229 e. The number of hydrogen-bond acceptors (Lipinski definition) is 5. The van der Waals surface area contributed by atoms with E-state index in [0.717, 1.165) is 29.2 Å². The molecule has 0 bridgehead atoms. The summed E-state index contributed by atoms with van der Waals surface area (Å²) in [5, 5.41) is 11.4. The number of hydrogen-bond donors (Lipinski definition) is 1.